The molecular weight excluding hydrogens is 354 g/mol. The van der Waals surface area contributed by atoms with Gasteiger partial charge in [-0.3, -0.25) is 4.79 Å². The number of hydrogen-bond acceptors (Lipinski definition) is 5. The lowest BCUT2D eigenvalue weighted by molar-refractivity contribution is -0.131. The Morgan fingerprint density at radius 3 is 2.11 bits per heavy atom. The van der Waals surface area contributed by atoms with Crippen LogP contribution in [0.4, 0.5) is 0 Å². The first kappa shape index (κ1) is 18.9. The first-order valence-electron chi connectivity index (χ1n) is 8.61. The third-order valence-electron chi connectivity index (χ3n) is 4.07. The largest absolute Gasteiger partial charge is 0.457 e. The molecule has 0 aromatic heterocycles. The van der Waals surface area contributed by atoms with Gasteiger partial charge in [0.1, 0.15) is 12.4 Å². The smallest absolute Gasteiger partial charge is 0.338 e. The van der Waals surface area contributed by atoms with Crippen LogP contribution >= 0.6 is 0 Å². The monoisotopic (exact) mass is 371 g/mol. The fraction of sp³-hybridized carbons (Fsp3) is 0.0870. The van der Waals surface area contributed by atoms with Crippen LogP contribution in [0.15, 0.2) is 72.8 Å². The highest BCUT2D eigenvalue weighted by atomic mass is 16.5. The number of carbonyl (C=O) groups excluding carboxylic acids is 2. The summed E-state index contributed by atoms with van der Waals surface area (Å²) in [6, 6.07) is 23.2. The maximum atomic E-state index is 12.3. The van der Waals surface area contributed by atoms with E-state index in [0.29, 0.717) is 22.4 Å². The number of carbonyl (C=O) groups is 2. The van der Waals surface area contributed by atoms with Crippen molar-refractivity contribution in [2.75, 3.05) is 0 Å². The van der Waals surface area contributed by atoms with Gasteiger partial charge in [0.25, 0.3) is 0 Å². The number of nitrogens with zero attached hydrogens (tertiary/aromatic N) is 1. The van der Waals surface area contributed by atoms with E-state index in [0.717, 1.165) is 11.1 Å². The molecule has 0 heterocycles. The molecule has 0 amide bonds. The lowest BCUT2D eigenvalue weighted by atomic mass is 10.0. The molecule has 3 aromatic rings. The maximum absolute atomic E-state index is 12.3. The van der Waals surface area contributed by atoms with Gasteiger partial charge in [-0.1, -0.05) is 42.5 Å². The van der Waals surface area contributed by atoms with Crippen LogP contribution in [0.25, 0.3) is 11.1 Å². The van der Waals surface area contributed by atoms with Gasteiger partial charge in [0, 0.05) is 12.5 Å². The summed E-state index contributed by atoms with van der Waals surface area (Å²) in [5.74, 6) is -0.341. The van der Waals surface area contributed by atoms with Crippen molar-refractivity contribution in [1.29, 1.82) is 5.26 Å². The van der Waals surface area contributed by atoms with Crippen LogP contribution in [0.1, 0.15) is 28.4 Å². The molecule has 0 fully saturated rings. The van der Waals surface area contributed by atoms with Crippen LogP contribution in [0, 0.1) is 11.3 Å². The SMILES string of the molecule is CC(=O)Oc1ccc(-c2ccc(C(=O)OCc3ccccc3C#N)cc2)cc1. The Morgan fingerprint density at radius 2 is 1.50 bits per heavy atom. The Labute approximate surface area is 162 Å². The minimum atomic E-state index is -0.454. The lowest BCUT2D eigenvalue weighted by Crippen LogP contribution is -2.06. The number of ether oxygens (including phenoxy) is 2. The number of hydrogen-bond donors (Lipinski definition) is 0. The van der Waals surface area contributed by atoms with Crippen molar-refractivity contribution in [1.82, 2.24) is 0 Å². The summed E-state index contributed by atoms with van der Waals surface area (Å²) in [5, 5.41) is 9.08. The zero-order chi connectivity index (χ0) is 19.9. The predicted molar refractivity (Wildman–Crippen MR) is 103 cm³/mol. The molecule has 0 radical (unpaired) electrons. The van der Waals surface area contributed by atoms with Gasteiger partial charge in [-0.15, -0.1) is 0 Å². The van der Waals surface area contributed by atoms with Gasteiger partial charge < -0.3 is 9.47 Å². The topological polar surface area (TPSA) is 76.4 Å². The Hall–Kier alpha value is -3.91. The summed E-state index contributed by atoms with van der Waals surface area (Å²) in [5.41, 5.74) is 3.43. The highest BCUT2D eigenvalue weighted by Crippen LogP contribution is 2.23. The second-order valence-corrected chi connectivity index (χ2v) is 6.04. The molecule has 0 bridgehead atoms. The van der Waals surface area contributed by atoms with E-state index in [1.165, 1.54) is 6.92 Å². The van der Waals surface area contributed by atoms with E-state index in [1.807, 2.05) is 24.3 Å². The maximum Gasteiger partial charge on any atom is 0.338 e. The minimum absolute atomic E-state index is 0.0436. The highest BCUT2D eigenvalue weighted by molar-refractivity contribution is 5.90. The molecule has 0 aliphatic carbocycles. The van der Waals surface area contributed by atoms with Gasteiger partial charge in [0.2, 0.25) is 0 Å². The number of esters is 2. The Kier molecular flexibility index (Phi) is 5.83. The third kappa shape index (κ3) is 4.63. The summed E-state index contributed by atoms with van der Waals surface area (Å²) in [6.45, 7) is 1.40. The Bertz CT molecular complexity index is 1030. The van der Waals surface area contributed by atoms with Crippen molar-refractivity contribution in [2.24, 2.45) is 0 Å². The van der Waals surface area contributed by atoms with Gasteiger partial charge in [-0.05, 0) is 41.5 Å². The molecule has 138 valence electrons. The van der Waals surface area contributed by atoms with Crippen molar-refractivity contribution in [3.63, 3.8) is 0 Å². The van der Waals surface area contributed by atoms with Gasteiger partial charge in [-0.25, -0.2) is 4.79 Å². The van der Waals surface area contributed by atoms with Crippen LogP contribution in [0.2, 0.25) is 0 Å². The Morgan fingerprint density at radius 1 is 0.893 bits per heavy atom. The summed E-state index contributed by atoms with van der Waals surface area (Å²) >= 11 is 0. The summed E-state index contributed by atoms with van der Waals surface area (Å²) < 4.78 is 10.3. The standard InChI is InChI=1S/C23H17NO4/c1-16(25)28-22-12-10-18(11-13-22)17-6-8-19(9-7-17)23(26)27-15-21-5-3-2-4-20(21)14-24/h2-13H,15H2,1H3. The molecule has 0 atom stereocenters. The zero-order valence-electron chi connectivity index (χ0n) is 15.2. The summed E-state index contributed by atoms with van der Waals surface area (Å²) in [7, 11) is 0. The predicted octanol–water partition coefficient (Wildman–Crippen LogP) is 4.51. The average Bonchev–Trinajstić information content (AvgIpc) is 2.72. The molecule has 0 N–H and O–H groups in total. The van der Waals surface area contributed by atoms with Crippen molar-refractivity contribution in [3.05, 3.63) is 89.5 Å². The van der Waals surface area contributed by atoms with Crippen LogP contribution in [0.3, 0.4) is 0 Å². The molecule has 0 saturated heterocycles. The molecule has 5 nitrogen and oxygen atoms in total. The second-order valence-electron chi connectivity index (χ2n) is 6.04. The van der Waals surface area contributed by atoms with E-state index in [-0.39, 0.29) is 12.6 Å². The van der Waals surface area contributed by atoms with Crippen molar-refractivity contribution < 1.29 is 19.1 Å². The molecule has 28 heavy (non-hydrogen) atoms. The van der Waals surface area contributed by atoms with Crippen molar-refractivity contribution >= 4 is 11.9 Å². The first-order valence-corrected chi connectivity index (χ1v) is 8.61. The summed E-state index contributed by atoms with van der Waals surface area (Å²) in [6.07, 6.45) is 0. The highest BCUT2D eigenvalue weighted by Gasteiger charge is 2.10. The lowest BCUT2D eigenvalue weighted by Gasteiger charge is -2.08. The van der Waals surface area contributed by atoms with E-state index >= 15 is 0 Å². The molecule has 0 aliphatic heterocycles. The molecule has 5 heteroatoms. The molecule has 3 rings (SSSR count). The van der Waals surface area contributed by atoms with E-state index in [2.05, 4.69) is 6.07 Å². The number of benzene rings is 3. The minimum Gasteiger partial charge on any atom is -0.457 e. The molecule has 0 aliphatic rings. The molecule has 3 aromatic carbocycles. The van der Waals surface area contributed by atoms with Gasteiger partial charge in [0.05, 0.1) is 17.2 Å². The van der Waals surface area contributed by atoms with E-state index in [9.17, 15) is 9.59 Å². The van der Waals surface area contributed by atoms with Crippen LogP contribution < -0.4 is 4.74 Å². The molecule has 0 saturated carbocycles. The van der Waals surface area contributed by atoms with Gasteiger partial charge in [-0.2, -0.15) is 5.26 Å². The third-order valence-corrected chi connectivity index (χ3v) is 4.07. The van der Waals surface area contributed by atoms with Gasteiger partial charge in [0.15, 0.2) is 0 Å². The van der Waals surface area contributed by atoms with Crippen molar-refractivity contribution in [2.45, 2.75) is 13.5 Å². The van der Waals surface area contributed by atoms with E-state index in [4.69, 9.17) is 14.7 Å². The number of nitriles is 1. The molecule has 0 spiro atoms. The van der Waals surface area contributed by atoms with E-state index < -0.39 is 5.97 Å². The quantitative estimate of drug-likeness (QED) is 0.487. The average molecular weight is 371 g/mol. The van der Waals surface area contributed by atoms with Crippen LogP contribution in [-0.4, -0.2) is 11.9 Å². The normalized spacial score (nSPS) is 10.0. The molecule has 0 unspecified atom stereocenters. The van der Waals surface area contributed by atoms with Gasteiger partial charge >= 0.3 is 11.9 Å². The Balaban J connectivity index is 1.66. The number of rotatable bonds is 5. The first-order chi connectivity index (χ1) is 13.6. The van der Waals surface area contributed by atoms with Crippen LogP contribution in [0.5, 0.6) is 5.75 Å². The zero-order valence-corrected chi connectivity index (χ0v) is 15.2. The van der Waals surface area contributed by atoms with E-state index in [1.54, 1.807) is 48.5 Å². The fourth-order valence-corrected chi connectivity index (χ4v) is 2.66. The second kappa shape index (κ2) is 8.65. The van der Waals surface area contributed by atoms with Crippen molar-refractivity contribution in [3.8, 4) is 22.9 Å². The van der Waals surface area contributed by atoms with Crippen LogP contribution in [-0.2, 0) is 16.1 Å². The summed E-state index contributed by atoms with van der Waals surface area (Å²) in [4.78, 5) is 23.2. The molecular formula is C23H17NO4. The fourth-order valence-electron chi connectivity index (χ4n) is 2.66.